The van der Waals surface area contributed by atoms with E-state index in [4.69, 9.17) is 10.2 Å². The van der Waals surface area contributed by atoms with Crippen LogP contribution in [0, 0.1) is 17.2 Å². The van der Waals surface area contributed by atoms with Crippen molar-refractivity contribution in [2.45, 2.75) is 19.8 Å². The zero-order valence-corrected chi connectivity index (χ0v) is 14.9. The van der Waals surface area contributed by atoms with E-state index in [1.54, 1.807) is 12.1 Å². The second-order valence-corrected chi connectivity index (χ2v) is 7.05. The molecule has 1 aliphatic carbocycles. The van der Waals surface area contributed by atoms with Gasteiger partial charge in [-0.2, -0.15) is 5.26 Å². The van der Waals surface area contributed by atoms with Crippen molar-refractivity contribution in [1.82, 2.24) is 4.98 Å². The summed E-state index contributed by atoms with van der Waals surface area (Å²) in [4.78, 5) is 16.9. The zero-order valence-electron chi connectivity index (χ0n) is 14.9. The van der Waals surface area contributed by atoms with E-state index < -0.39 is 5.97 Å². The molecule has 0 bridgehead atoms. The molecule has 0 aliphatic heterocycles. The summed E-state index contributed by atoms with van der Waals surface area (Å²) in [6, 6.07) is 16.9. The predicted octanol–water partition coefficient (Wildman–Crippen LogP) is 4.93. The van der Waals surface area contributed by atoms with Gasteiger partial charge >= 0.3 is 5.97 Å². The average Bonchev–Trinajstić information content (AvgIpc) is 2.66. The number of hydrogen-bond acceptors (Lipinski definition) is 3. The molecule has 4 nitrogen and oxygen atoms in total. The number of carboxylic acid groups (broad SMARTS) is 1. The second-order valence-electron chi connectivity index (χ2n) is 7.05. The van der Waals surface area contributed by atoms with Crippen LogP contribution in [-0.2, 0) is 6.42 Å². The van der Waals surface area contributed by atoms with Crippen LogP contribution in [-0.4, -0.2) is 16.1 Å². The number of aromatic nitrogens is 1. The van der Waals surface area contributed by atoms with Gasteiger partial charge in [0.1, 0.15) is 0 Å². The Labute approximate surface area is 157 Å². The number of benzene rings is 2. The number of fused-ring (bicyclic) bond motifs is 2. The van der Waals surface area contributed by atoms with E-state index in [0.717, 1.165) is 28.8 Å². The average molecular weight is 354 g/mol. The SMILES string of the molecule is C[C@@H]1C/C(=C\c2ccc(C#N)cc2)c2nc3ccccc3c(C(=O)O)c2C1. The van der Waals surface area contributed by atoms with E-state index in [1.807, 2.05) is 36.4 Å². The van der Waals surface area contributed by atoms with Crippen molar-refractivity contribution in [3.05, 3.63) is 76.5 Å². The third-order valence-electron chi connectivity index (χ3n) is 5.01. The Morgan fingerprint density at radius 1 is 1.19 bits per heavy atom. The smallest absolute Gasteiger partial charge is 0.336 e. The summed E-state index contributed by atoms with van der Waals surface area (Å²) in [5.74, 6) is -0.570. The van der Waals surface area contributed by atoms with Crippen LogP contribution < -0.4 is 0 Å². The van der Waals surface area contributed by atoms with Crippen molar-refractivity contribution in [1.29, 1.82) is 5.26 Å². The first-order valence-corrected chi connectivity index (χ1v) is 8.93. The van der Waals surface area contributed by atoms with Crippen molar-refractivity contribution in [3.8, 4) is 6.07 Å². The highest BCUT2D eigenvalue weighted by Crippen LogP contribution is 2.38. The maximum absolute atomic E-state index is 12.1. The van der Waals surface area contributed by atoms with E-state index in [9.17, 15) is 9.90 Å². The number of aromatic carboxylic acids is 1. The Morgan fingerprint density at radius 3 is 2.63 bits per heavy atom. The summed E-state index contributed by atoms with van der Waals surface area (Å²) in [5, 5.41) is 19.5. The summed E-state index contributed by atoms with van der Waals surface area (Å²) in [7, 11) is 0. The molecule has 0 saturated carbocycles. The van der Waals surface area contributed by atoms with Gasteiger partial charge in [-0.3, -0.25) is 0 Å². The molecule has 1 aromatic heterocycles. The molecule has 1 atom stereocenters. The van der Waals surface area contributed by atoms with Gasteiger partial charge < -0.3 is 5.11 Å². The molecule has 27 heavy (non-hydrogen) atoms. The van der Waals surface area contributed by atoms with Crippen molar-refractivity contribution in [3.63, 3.8) is 0 Å². The minimum Gasteiger partial charge on any atom is -0.478 e. The predicted molar refractivity (Wildman–Crippen MR) is 105 cm³/mol. The number of carboxylic acids is 1. The minimum absolute atomic E-state index is 0.336. The number of nitrogens with zero attached hydrogens (tertiary/aromatic N) is 2. The Hall–Kier alpha value is -3.45. The number of para-hydroxylation sites is 1. The van der Waals surface area contributed by atoms with Crippen molar-refractivity contribution in [2.75, 3.05) is 0 Å². The summed E-state index contributed by atoms with van der Waals surface area (Å²) in [6.45, 7) is 2.14. The number of allylic oxidation sites excluding steroid dienone is 1. The van der Waals surface area contributed by atoms with Crippen LogP contribution in [0.3, 0.4) is 0 Å². The Balaban J connectivity index is 1.94. The fourth-order valence-electron chi connectivity index (χ4n) is 3.84. The molecule has 1 heterocycles. The van der Waals surface area contributed by atoms with E-state index in [1.165, 1.54) is 0 Å². The molecule has 0 unspecified atom stereocenters. The molecule has 3 aromatic rings. The van der Waals surface area contributed by atoms with Crippen molar-refractivity contribution >= 4 is 28.5 Å². The molecular weight excluding hydrogens is 336 g/mol. The number of rotatable bonds is 2. The van der Waals surface area contributed by atoms with Crippen LogP contribution in [0.5, 0.6) is 0 Å². The van der Waals surface area contributed by atoms with Gasteiger partial charge in [0.05, 0.1) is 28.4 Å². The van der Waals surface area contributed by atoms with Gasteiger partial charge in [0.2, 0.25) is 0 Å². The van der Waals surface area contributed by atoms with Gasteiger partial charge in [-0.05, 0) is 59.7 Å². The summed E-state index contributed by atoms with van der Waals surface area (Å²) >= 11 is 0. The lowest BCUT2D eigenvalue weighted by molar-refractivity contribution is 0.0697. The topological polar surface area (TPSA) is 74.0 Å². The lowest BCUT2D eigenvalue weighted by Gasteiger charge is -2.26. The molecule has 132 valence electrons. The molecule has 1 N–H and O–H groups in total. The first-order valence-electron chi connectivity index (χ1n) is 8.93. The summed E-state index contributed by atoms with van der Waals surface area (Å²) in [6.07, 6.45) is 3.61. The fourth-order valence-corrected chi connectivity index (χ4v) is 3.84. The van der Waals surface area contributed by atoms with Gasteiger partial charge in [-0.15, -0.1) is 0 Å². The van der Waals surface area contributed by atoms with Crippen LogP contribution >= 0.6 is 0 Å². The van der Waals surface area contributed by atoms with Crippen LogP contribution in [0.4, 0.5) is 0 Å². The molecule has 1 aliphatic rings. The van der Waals surface area contributed by atoms with Crippen LogP contribution in [0.1, 0.15) is 46.1 Å². The molecular formula is C23H18N2O2. The summed E-state index contributed by atoms with van der Waals surface area (Å²) in [5.41, 5.74) is 5.32. The Morgan fingerprint density at radius 2 is 1.93 bits per heavy atom. The molecule has 2 aromatic carbocycles. The monoisotopic (exact) mass is 354 g/mol. The molecule has 0 spiro atoms. The van der Waals surface area contributed by atoms with E-state index in [0.29, 0.717) is 34.4 Å². The number of pyridine rings is 1. The molecule has 0 fully saturated rings. The Bertz CT molecular complexity index is 1120. The van der Waals surface area contributed by atoms with Gasteiger partial charge in [-0.25, -0.2) is 9.78 Å². The third kappa shape index (κ3) is 3.09. The maximum atomic E-state index is 12.1. The molecule has 0 saturated heterocycles. The number of nitriles is 1. The van der Waals surface area contributed by atoms with Crippen molar-refractivity contribution in [2.24, 2.45) is 5.92 Å². The normalized spacial score (nSPS) is 17.5. The second kappa shape index (κ2) is 6.69. The van der Waals surface area contributed by atoms with E-state index >= 15 is 0 Å². The fraction of sp³-hybridized carbons (Fsp3) is 0.174. The lowest BCUT2D eigenvalue weighted by Crippen LogP contribution is -2.17. The van der Waals surface area contributed by atoms with Gasteiger partial charge in [0.25, 0.3) is 0 Å². The third-order valence-corrected chi connectivity index (χ3v) is 5.01. The first-order chi connectivity index (χ1) is 13.1. The highest BCUT2D eigenvalue weighted by atomic mass is 16.4. The van der Waals surface area contributed by atoms with Crippen LogP contribution in [0.15, 0.2) is 48.5 Å². The van der Waals surface area contributed by atoms with Gasteiger partial charge in [0.15, 0.2) is 0 Å². The molecule has 4 heteroatoms. The highest BCUT2D eigenvalue weighted by molar-refractivity contribution is 6.05. The molecule has 4 rings (SSSR count). The molecule has 0 amide bonds. The zero-order chi connectivity index (χ0) is 19.0. The largest absolute Gasteiger partial charge is 0.478 e. The van der Waals surface area contributed by atoms with E-state index in [-0.39, 0.29) is 0 Å². The highest BCUT2D eigenvalue weighted by Gasteiger charge is 2.27. The first kappa shape index (κ1) is 17.0. The van der Waals surface area contributed by atoms with Crippen LogP contribution in [0.25, 0.3) is 22.6 Å². The van der Waals surface area contributed by atoms with Gasteiger partial charge in [0, 0.05) is 5.39 Å². The molecule has 0 radical (unpaired) electrons. The van der Waals surface area contributed by atoms with Crippen molar-refractivity contribution < 1.29 is 9.90 Å². The Kier molecular flexibility index (Phi) is 4.21. The number of hydrogen-bond donors (Lipinski definition) is 1. The quantitative estimate of drug-likeness (QED) is 0.708. The number of carbonyl (C=O) groups is 1. The maximum Gasteiger partial charge on any atom is 0.336 e. The van der Waals surface area contributed by atoms with E-state index in [2.05, 4.69) is 19.1 Å². The standard InChI is InChI=1S/C23H18N2O2/c1-14-10-17(12-15-6-8-16(13-24)9-7-15)22-19(11-14)21(23(26)27)18-4-2-3-5-20(18)25-22/h2-9,12,14H,10-11H2,1H3,(H,26,27)/b17-12+/t14-/m1/s1. The minimum atomic E-state index is -0.906. The van der Waals surface area contributed by atoms with Crippen LogP contribution in [0.2, 0.25) is 0 Å². The lowest BCUT2D eigenvalue weighted by atomic mass is 9.80. The van der Waals surface area contributed by atoms with Gasteiger partial charge in [-0.1, -0.05) is 37.3 Å². The summed E-state index contributed by atoms with van der Waals surface area (Å²) < 4.78 is 0.